The second-order valence-electron chi connectivity index (χ2n) is 4.02. The van der Waals surface area contributed by atoms with Crippen molar-refractivity contribution < 1.29 is 15.0 Å². The zero-order chi connectivity index (χ0) is 13.5. The van der Waals surface area contributed by atoms with Gasteiger partial charge in [-0.05, 0) is 17.5 Å². The van der Waals surface area contributed by atoms with Crippen molar-refractivity contribution >= 4 is 32.8 Å². The number of hydrogen-bond acceptors (Lipinski definition) is 4. The van der Waals surface area contributed by atoms with Crippen LogP contribution in [0, 0.1) is 0 Å². The monoisotopic (exact) mass is 332 g/mol. The van der Waals surface area contributed by atoms with E-state index >= 15 is 0 Å². The maximum absolute atomic E-state index is 10.8. The molecule has 0 aliphatic carbocycles. The first-order valence-electron chi connectivity index (χ1n) is 5.69. The van der Waals surface area contributed by atoms with Crippen molar-refractivity contribution in [2.24, 2.45) is 0 Å². The van der Waals surface area contributed by atoms with E-state index in [-0.39, 0.29) is 5.12 Å². The van der Waals surface area contributed by atoms with E-state index in [4.69, 9.17) is 0 Å². The molecule has 0 spiro atoms. The third-order valence-electron chi connectivity index (χ3n) is 2.56. The minimum Gasteiger partial charge on any atom is -0.390 e. The van der Waals surface area contributed by atoms with Gasteiger partial charge in [0.1, 0.15) is 6.10 Å². The highest BCUT2D eigenvalue weighted by atomic mass is 79.9. The van der Waals surface area contributed by atoms with E-state index in [1.165, 1.54) is 6.92 Å². The third kappa shape index (κ3) is 5.10. The Morgan fingerprint density at radius 1 is 1.33 bits per heavy atom. The molecule has 0 saturated heterocycles. The SMILES string of the molecule is CC(=O)SCCC(O)C(O)c1ccc(CBr)cc1. The summed E-state index contributed by atoms with van der Waals surface area (Å²) in [5.41, 5.74) is 1.81. The van der Waals surface area contributed by atoms with Crippen molar-refractivity contribution in [3.63, 3.8) is 0 Å². The Bertz CT molecular complexity index is 380. The third-order valence-corrected chi connectivity index (χ3v) is 4.05. The van der Waals surface area contributed by atoms with Crippen LogP contribution in [0.5, 0.6) is 0 Å². The van der Waals surface area contributed by atoms with E-state index in [0.29, 0.717) is 17.7 Å². The Hall–Kier alpha value is -0.360. The van der Waals surface area contributed by atoms with Crippen LogP contribution < -0.4 is 0 Å². The van der Waals surface area contributed by atoms with Crippen molar-refractivity contribution in [1.29, 1.82) is 0 Å². The van der Waals surface area contributed by atoms with Crippen molar-refractivity contribution in [2.75, 3.05) is 5.75 Å². The van der Waals surface area contributed by atoms with Crippen LogP contribution in [0.2, 0.25) is 0 Å². The van der Waals surface area contributed by atoms with Gasteiger partial charge in [0.2, 0.25) is 0 Å². The summed E-state index contributed by atoms with van der Waals surface area (Å²) >= 11 is 4.51. The number of aliphatic hydroxyl groups excluding tert-OH is 2. The highest BCUT2D eigenvalue weighted by molar-refractivity contribution is 9.08. The number of aliphatic hydroxyl groups is 2. The number of hydrogen-bond donors (Lipinski definition) is 2. The first-order valence-corrected chi connectivity index (χ1v) is 7.79. The average Bonchev–Trinajstić information content (AvgIpc) is 2.37. The first kappa shape index (κ1) is 15.7. The normalized spacial score (nSPS) is 14.2. The molecule has 18 heavy (non-hydrogen) atoms. The Balaban J connectivity index is 2.51. The van der Waals surface area contributed by atoms with Crippen LogP contribution in [0.1, 0.15) is 30.6 Å². The van der Waals surface area contributed by atoms with Gasteiger partial charge < -0.3 is 10.2 Å². The molecule has 1 aromatic carbocycles. The maximum atomic E-state index is 10.8. The fourth-order valence-electron chi connectivity index (χ4n) is 1.51. The van der Waals surface area contributed by atoms with Crippen LogP contribution >= 0.6 is 27.7 Å². The van der Waals surface area contributed by atoms with Crippen molar-refractivity contribution in [1.82, 2.24) is 0 Å². The van der Waals surface area contributed by atoms with Crippen LogP contribution in [0.4, 0.5) is 0 Å². The number of benzene rings is 1. The molecule has 1 aromatic rings. The van der Waals surface area contributed by atoms with E-state index in [0.717, 1.165) is 22.7 Å². The average molecular weight is 333 g/mol. The van der Waals surface area contributed by atoms with E-state index in [1.54, 1.807) is 0 Å². The van der Waals surface area contributed by atoms with Gasteiger partial charge in [-0.3, -0.25) is 4.79 Å². The summed E-state index contributed by atoms with van der Waals surface area (Å²) in [5.74, 6) is 0.521. The fraction of sp³-hybridized carbons (Fsp3) is 0.462. The molecule has 100 valence electrons. The number of carbonyl (C=O) groups excluding carboxylic acids is 1. The van der Waals surface area contributed by atoms with Gasteiger partial charge in [0.05, 0.1) is 6.10 Å². The number of thioether (sulfide) groups is 1. The van der Waals surface area contributed by atoms with Gasteiger partial charge in [0, 0.05) is 18.0 Å². The van der Waals surface area contributed by atoms with Crippen LogP contribution in [0.25, 0.3) is 0 Å². The van der Waals surface area contributed by atoms with Gasteiger partial charge in [0.25, 0.3) is 0 Å². The Morgan fingerprint density at radius 3 is 2.44 bits per heavy atom. The topological polar surface area (TPSA) is 57.5 Å². The van der Waals surface area contributed by atoms with E-state index in [9.17, 15) is 15.0 Å². The van der Waals surface area contributed by atoms with Gasteiger partial charge in [-0.15, -0.1) is 0 Å². The summed E-state index contributed by atoms with van der Waals surface area (Å²) in [4.78, 5) is 10.8. The lowest BCUT2D eigenvalue weighted by Crippen LogP contribution is -2.19. The van der Waals surface area contributed by atoms with Gasteiger partial charge in [-0.25, -0.2) is 0 Å². The molecule has 0 heterocycles. The summed E-state index contributed by atoms with van der Waals surface area (Å²) in [6.07, 6.45) is -1.35. The van der Waals surface area contributed by atoms with Crippen LogP contribution in [0.15, 0.2) is 24.3 Å². The lowest BCUT2D eigenvalue weighted by molar-refractivity contribution is -0.109. The Labute approximate surface area is 120 Å². The van der Waals surface area contributed by atoms with Gasteiger partial charge in [-0.2, -0.15) is 0 Å². The Kier molecular flexibility index (Phi) is 6.92. The molecule has 0 amide bonds. The fourth-order valence-corrected chi connectivity index (χ4v) is 2.53. The molecule has 2 N–H and O–H groups in total. The number of alkyl halides is 1. The first-order chi connectivity index (χ1) is 8.54. The summed E-state index contributed by atoms with van der Waals surface area (Å²) in [7, 11) is 0. The molecule has 2 atom stereocenters. The molecule has 1 rings (SSSR count). The summed E-state index contributed by atoms with van der Waals surface area (Å²) in [5, 5.41) is 20.6. The molecule has 0 radical (unpaired) electrons. The lowest BCUT2D eigenvalue weighted by Gasteiger charge is -2.18. The highest BCUT2D eigenvalue weighted by Gasteiger charge is 2.18. The minimum absolute atomic E-state index is 0.0263. The van der Waals surface area contributed by atoms with Crippen LogP contribution in [-0.4, -0.2) is 27.2 Å². The highest BCUT2D eigenvalue weighted by Crippen LogP contribution is 2.21. The molecular formula is C13H17BrO3S. The van der Waals surface area contributed by atoms with Crippen LogP contribution in [0.3, 0.4) is 0 Å². The molecule has 0 aliphatic rings. The number of halogens is 1. The molecule has 0 fully saturated rings. The minimum atomic E-state index is -0.901. The largest absolute Gasteiger partial charge is 0.390 e. The van der Waals surface area contributed by atoms with Crippen molar-refractivity contribution in [3.8, 4) is 0 Å². The predicted octanol–water partition coefficient (Wildman–Crippen LogP) is 2.65. The molecule has 5 heteroatoms. The molecular weight excluding hydrogens is 316 g/mol. The summed E-state index contributed by atoms with van der Waals surface area (Å²) in [6, 6.07) is 7.43. The molecule has 0 aliphatic heterocycles. The van der Waals surface area contributed by atoms with Crippen LogP contribution in [-0.2, 0) is 10.1 Å². The lowest BCUT2D eigenvalue weighted by atomic mass is 10.0. The molecule has 3 nitrogen and oxygen atoms in total. The molecule has 0 saturated carbocycles. The summed E-state index contributed by atoms with van der Waals surface area (Å²) < 4.78 is 0. The standard InChI is InChI=1S/C13H17BrO3S/c1-9(15)18-7-6-12(16)13(17)11-4-2-10(8-14)3-5-11/h2-5,12-13,16-17H,6-8H2,1H3. The van der Waals surface area contributed by atoms with Gasteiger partial charge in [0.15, 0.2) is 5.12 Å². The zero-order valence-corrected chi connectivity index (χ0v) is 12.6. The smallest absolute Gasteiger partial charge is 0.185 e. The Morgan fingerprint density at radius 2 is 1.94 bits per heavy atom. The van der Waals surface area contributed by atoms with E-state index in [1.807, 2.05) is 24.3 Å². The molecule has 2 unspecified atom stereocenters. The van der Waals surface area contributed by atoms with Crippen molar-refractivity contribution in [2.45, 2.75) is 30.9 Å². The maximum Gasteiger partial charge on any atom is 0.185 e. The second kappa shape index (κ2) is 7.94. The van der Waals surface area contributed by atoms with Gasteiger partial charge >= 0.3 is 0 Å². The predicted molar refractivity (Wildman–Crippen MR) is 77.8 cm³/mol. The van der Waals surface area contributed by atoms with Gasteiger partial charge in [-0.1, -0.05) is 52.0 Å². The zero-order valence-electron chi connectivity index (χ0n) is 10.2. The van der Waals surface area contributed by atoms with E-state index in [2.05, 4.69) is 15.9 Å². The van der Waals surface area contributed by atoms with E-state index < -0.39 is 12.2 Å². The second-order valence-corrected chi connectivity index (χ2v) is 5.85. The molecule has 0 bridgehead atoms. The summed E-state index contributed by atoms with van der Waals surface area (Å²) in [6.45, 7) is 1.49. The number of rotatable bonds is 6. The quantitative estimate of drug-likeness (QED) is 0.786. The molecule has 0 aromatic heterocycles. The van der Waals surface area contributed by atoms with Crippen molar-refractivity contribution in [3.05, 3.63) is 35.4 Å². The number of carbonyl (C=O) groups is 1.